The number of rotatable bonds is 4. The van der Waals surface area contributed by atoms with Crippen molar-refractivity contribution in [3.63, 3.8) is 0 Å². The summed E-state index contributed by atoms with van der Waals surface area (Å²) in [6.45, 7) is 5.31. The molecule has 1 heterocycles. The van der Waals surface area contributed by atoms with E-state index < -0.39 is 6.10 Å². The third-order valence-electron chi connectivity index (χ3n) is 2.17. The lowest BCUT2D eigenvalue weighted by molar-refractivity contribution is -0.136. The van der Waals surface area contributed by atoms with Crippen molar-refractivity contribution in [2.75, 3.05) is 0 Å². The molecule has 0 bridgehead atoms. The fraction of sp³-hybridized carbons (Fsp3) is 0.667. The third-order valence-corrected chi connectivity index (χ3v) is 2.17. The Balaban J connectivity index is 2.38. The number of hydrogen-bond donors (Lipinski definition) is 2. The van der Waals surface area contributed by atoms with E-state index in [2.05, 4.69) is 11.9 Å². The van der Waals surface area contributed by atoms with Gasteiger partial charge in [0.2, 0.25) is 5.91 Å². The van der Waals surface area contributed by atoms with Crippen molar-refractivity contribution >= 4 is 5.91 Å². The molecule has 1 fully saturated rings. The number of carbonyl (C=O) groups is 1. The highest BCUT2D eigenvalue weighted by molar-refractivity contribution is 5.85. The average Bonchev–Trinajstić information content (AvgIpc) is 2.00. The summed E-state index contributed by atoms with van der Waals surface area (Å²) < 4.78 is 0. The van der Waals surface area contributed by atoms with Crippen LogP contribution >= 0.6 is 0 Å². The van der Waals surface area contributed by atoms with Gasteiger partial charge in [-0.1, -0.05) is 6.08 Å². The van der Waals surface area contributed by atoms with Gasteiger partial charge in [0.25, 0.3) is 0 Å². The highest BCUT2D eigenvalue weighted by atomic mass is 16.3. The molecule has 0 aromatic heterocycles. The minimum Gasteiger partial charge on any atom is -0.393 e. The van der Waals surface area contributed by atoms with E-state index in [1.54, 1.807) is 13.0 Å². The molecule has 3 heteroatoms. The zero-order valence-electron chi connectivity index (χ0n) is 7.29. The Kier molecular flexibility index (Phi) is 2.87. The number of aliphatic hydroxyl groups is 1. The van der Waals surface area contributed by atoms with Crippen molar-refractivity contribution < 1.29 is 9.90 Å². The van der Waals surface area contributed by atoms with Gasteiger partial charge in [-0.15, -0.1) is 6.58 Å². The summed E-state index contributed by atoms with van der Waals surface area (Å²) in [5, 5.41) is 11.9. The van der Waals surface area contributed by atoms with Crippen LogP contribution in [0.15, 0.2) is 12.7 Å². The zero-order chi connectivity index (χ0) is 9.14. The van der Waals surface area contributed by atoms with E-state index >= 15 is 0 Å². The predicted molar refractivity (Wildman–Crippen MR) is 46.5 cm³/mol. The van der Waals surface area contributed by atoms with Gasteiger partial charge in [0.15, 0.2) is 0 Å². The highest BCUT2D eigenvalue weighted by Crippen LogP contribution is 2.23. The molecular formula is C9H15NO2. The second kappa shape index (κ2) is 3.72. The number of carbonyl (C=O) groups excluding carboxylic acids is 1. The average molecular weight is 169 g/mol. The monoisotopic (exact) mass is 169 g/mol. The first-order valence-corrected chi connectivity index (χ1v) is 4.24. The maximum Gasteiger partial charge on any atom is 0.225 e. The molecule has 1 saturated heterocycles. The molecule has 1 aliphatic heterocycles. The van der Waals surface area contributed by atoms with E-state index in [1.807, 2.05) is 0 Å². The Hall–Kier alpha value is -0.830. The van der Waals surface area contributed by atoms with Crippen LogP contribution in [0.4, 0.5) is 0 Å². The van der Waals surface area contributed by atoms with E-state index in [-0.39, 0.29) is 17.9 Å². The number of aliphatic hydroxyl groups excluding tert-OH is 1. The van der Waals surface area contributed by atoms with Crippen molar-refractivity contribution in [1.29, 1.82) is 0 Å². The number of nitrogens with one attached hydrogen (secondary N) is 1. The molecule has 3 unspecified atom stereocenters. The van der Waals surface area contributed by atoms with E-state index in [9.17, 15) is 4.79 Å². The first kappa shape index (κ1) is 9.26. The molecular weight excluding hydrogens is 154 g/mol. The molecule has 1 amide bonds. The molecule has 12 heavy (non-hydrogen) atoms. The Labute approximate surface area is 72.5 Å². The molecule has 0 aromatic carbocycles. The van der Waals surface area contributed by atoms with Crippen LogP contribution in [0.25, 0.3) is 0 Å². The lowest BCUT2D eigenvalue weighted by Gasteiger charge is -2.36. The van der Waals surface area contributed by atoms with Crippen molar-refractivity contribution in [3.8, 4) is 0 Å². The van der Waals surface area contributed by atoms with Crippen LogP contribution in [0.5, 0.6) is 0 Å². The standard InChI is InChI=1S/C9H15NO2/c1-3-4-8-7(5-6(2)11)9(12)10-8/h3,6-8,11H,1,4-5H2,2H3,(H,10,12). The summed E-state index contributed by atoms with van der Waals surface area (Å²) in [6.07, 6.45) is 2.75. The van der Waals surface area contributed by atoms with Crippen molar-refractivity contribution in [1.82, 2.24) is 5.32 Å². The van der Waals surface area contributed by atoms with Gasteiger partial charge in [0.05, 0.1) is 12.0 Å². The van der Waals surface area contributed by atoms with Crippen molar-refractivity contribution in [2.45, 2.75) is 31.9 Å². The van der Waals surface area contributed by atoms with Crippen LogP contribution in [-0.4, -0.2) is 23.2 Å². The van der Waals surface area contributed by atoms with Crippen LogP contribution in [0, 0.1) is 5.92 Å². The largest absolute Gasteiger partial charge is 0.393 e. The van der Waals surface area contributed by atoms with Gasteiger partial charge in [-0.2, -0.15) is 0 Å². The second-order valence-electron chi connectivity index (χ2n) is 3.33. The summed E-state index contributed by atoms with van der Waals surface area (Å²) >= 11 is 0. The topological polar surface area (TPSA) is 49.3 Å². The number of amides is 1. The smallest absolute Gasteiger partial charge is 0.225 e. The normalized spacial score (nSPS) is 30.3. The van der Waals surface area contributed by atoms with Crippen LogP contribution in [-0.2, 0) is 4.79 Å². The fourth-order valence-electron chi connectivity index (χ4n) is 1.52. The molecule has 3 nitrogen and oxygen atoms in total. The quantitative estimate of drug-likeness (QED) is 0.474. The number of hydrogen-bond acceptors (Lipinski definition) is 2. The van der Waals surface area contributed by atoms with E-state index in [0.29, 0.717) is 6.42 Å². The zero-order valence-corrected chi connectivity index (χ0v) is 7.29. The molecule has 0 aromatic rings. The highest BCUT2D eigenvalue weighted by Gasteiger charge is 2.38. The summed E-state index contributed by atoms with van der Waals surface area (Å²) in [6, 6.07) is 0.199. The molecule has 2 N–H and O–H groups in total. The maximum atomic E-state index is 11.0. The summed E-state index contributed by atoms with van der Waals surface area (Å²) in [5.74, 6) is 0.0470. The molecule has 1 aliphatic rings. The van der Waals surface area contributed by atoms with Crippen LogP contribution < -0.4 is 5.32 Å². The van der Waals surface area contributed by atoms with Gasteiger partial charge >= 0.3 is 0 Å². The van der Waals surface area contributed by atoms with E-state index in [1.165, 1.54) is 0 Å². The predicted octanol–water partition coefficient (Wildman–Crippen LogP) is 0.448. The molecule has 0 radical (unpaired) electrons. The third kappa shape index (κ3) is 1.85. The number of β-lactam (4-membered cyclic amide) rings is 1. The molecule has 0 aliphatic carbocycles. The van der Waals surface area contributed by atoms with Gasteiger partial charge in [0, 0.05) is 6.04 Å². The Morgan fingerprint density at radius 3 is 2.92 bits per heavy atom. The van der Waals surface area contributed by atoms with Gasteiger partial charge in [-0.05, 0) is 19.8 Å². The molecule has 1 rings (SSSR count). The first-order chi connectivity index (χ1) is 5.65. The second-order valence-corrected chi connectivity index (χ2v) is 3.33. The summed E-state index contributed by atoms with van der Waals surface area (Å²) in [7, 11) is 0. The Morgan fingerprint density at radius 1 is 1.83 bits per heavy atom. The van der Waals surface area contributed by atoms with Crippen LogP contribution in [0.1, 0.15) is 19.8 Å². The van der Waals surface area contributed by atoms with Crippen molar-refractivity contribution in [2.24, 2.45) is 5.92 Å². The van der Waals surface area contributed by atoms with E-state index in [0.717, 1.165) is 6.42 Å². The SMILES string of the molecule is C=CCC1NC(=O)C1CC(C)O. The minimum atomic E-state index is -0.395. The first-order valence-electron chi connectivity index (χ1n) is 4.24. The molecule has 68 valence electrons. The van der Waals surface area contributed by atoms with Gasteiger partial charge < -0.3 is 10.4 Å². The van der Waals surface area contributed by atoms with Crippen LogP contribution in [0.3, 0.4) is 0 Å². The van der Waals surface area contributed by atoms with Gasteiger partial charge in [-0.25, -0.2) is 0 Å². The summed E-state index contributed by atoms with van der Waals surface area (Å²) in [5.41, 5.74) is 0. The fourth-order valence-corrected chi connectivity index (χ4v) is 1.52. The molecule has 3 atom stereocenters. The Morgan fingerprint density at radius 2 is 2.50 bits per heavy atom. The molecule has 0 saturated carbocycles. The lowest BCUT2D eigenvalue weighted by Crippen LogP contribution is -2.58. The molecule has 0 spiro atoms. The van der Waals surface area contributed by atoms with Crippen molar-refractivity contribution in [3.05, 3.63) is 12.7 Å². The van der Waals surface area contributed by atoms with Gasteiger partial charge in [0.1, 0.15) is 0 Å². The Bertz CT molecular complexity index is 187. The maximum absolute atomic E-state index is 11.0. The van der Waals surface area contributed by atoms with Gasteiger partial charge in [-0.3, -0.25) is 4.79 Å². The van der Waals surface area contributed by atoms with Crippen LogP contribution in [0.2, 0.25) is 0 Å². The summed E-state index contributed by atoms with van der Waals surface area (Å²) in [4.78, 5) is 11.0. The van der Waals surface area contributed by atoms with E-state index in [4.69, 9.17) is 5.11 Å². The lowest BCUT2D eigenvalue weighted by atomic mass is 9.84. The minimum absolute atomic E-state index is 0.0111.